The van der Waals surface area contributed by atoms with Crippen molar-refractivity contribution in [2.24, 2.45) is 5.92 Å². The van der Waals surface area contributed by atoms with Crippen molar-refractivity contribution in [1.82, 2.24) is 0 Å². The normalized spacial score (nSPS) is 29.6. The Balaban J connectivity index is 0.00000112. The molecule has 0 amide bonds. The molecular formula is C11H18INOS. The molecule has 2 aliphatic rings. The van der Waals surface area contributed by atoms with Crippen molar-refractivity contribution in [2.75, 3.05) is 19.8 Å². The summed E-state index contributed by atoms with van der Waals surface area (Å²) in [4.78, 5) is 0. The molecule has 2 atom stereocenters. The van der Waals surface area contributed by atoms with Crippen LogP contribution in [0.5, 0.6) is 0 Å². The molecule has 2 rings (SSSR count). The minimum atomic E-state index is 0. The summed E-state index contributed by atoms with van der Waals surface area (Å²) in [5, 5.41) is 1.09. The van der Waals surface area contributed by atoms with Crippen molar-refractivity contribution in [3.05, 3.63) is 12.2 Å². The van der Waals surface area contributed by atoms with Crippen molar-refractivity contribution in [2.45, 2.75) is 25.4 Å². The molecule has 2 nitrogen and oxygen atoms in total. The highest BCUT2D eigenvalue weighted by molar-refractivity contribution is 8.13. The topological polar surface area (TPSA) is 12.2 Å². The molecule has 1 fully saturated rings. The van der Waals surface area contributed by atoms with Crippen LogP contribution in [-0.4, -0.2) is 35.8 Å². The minimum absolute atomic E-state index is 0. The van der Waals surface area contributed by atoms with Crippen LogP contribution < -0.4 is 24.0 Å². The predicted octanol–water partition coefficient (Wildman–Crippen LogP) is -0.893. The zero-order valence-corrected chi connectivity index (χ0v) is 12.3. The first kappa shape index (κ1) is 13.4. The van der Waals surface area contributed by atoms with E-state index in [0.29, 0.717) is 6.10 Å². The second kappa shape index (κ2) is 6.13. The third-order valence-electron chi connectivity index (χ3n) is 2.82. The molecule has 0 aromatic rings. The predicted molar refractivity (Wildman–Crippen MR) is 60.9 cm³/mol. The quantitative estimate of drug-likeness (QED) is 0.349. The number of thioether (sulfide) groups is 1. The van der Waals surface area contributed by atoms with Crippen LogP contribution in [0.2, 0.25) is 0 Å². The minimum Gasteiger partial charge on any atom is -1.00 e. The van der Waals surface area contributed by atoms with Gasteiger partial charge in [0.15, 0.2) is 0 Å². The van der Waals surface area contributed by atoms with Crippen LogP contribution in [0, 0.1) is 5.92 Å². The lowest BCUT2D eigenvalue weighted by molar-refractivity contribution is -0.471. The molecule has 0 spiro atoms. The molecule has 2 unspecified atom stereocenters. The summed E-state index contributed by atoms with van der Waals surface area (Å²) in [7, 11) is 4.09. The van der Waals surface area contributed by atoms with Crippen LogP contribution in [0.3, 0.4) is 0 Å². The van der Waals surface area contributed by atoms with Gasteiger partial charge >= 0.3 is 5.23 Å². The zero-order chi connectivity index (χ0) is 9.97. The molecule has 1 aliphatic carbocycles. The monoisotopic (exact) mass is 339 g/mol. The second-order valence-corrected chi connectivity index (χ2v) is 5.14. The van der Waals surface area contributed by atoms with E-state index in [-0.39, 0.29) is 24.0 Å². The third kappa shape index (κ3) is 3.37. The Bertz CT molecular complexity index is 274. The smallest absolute Gasteiger partial charge is 0.400 e. The molecular weight excluding hydrogens is 321 g/mol. The Morgan fingerprint density at radius 2 is 2.20 bits per heavy atom. The van der Waals surface area contributed by atoms with E-state index in [1.807, 2.05) is 25.9 Å². The van der Waals surface area contributed by atoms with Crippen LogP contribution in [0.4, 0.5) is 0 Å². The molecule has 0 saturated carbocycles. The van der Waals surface area contributed by atoms with Gasteiger partial charge < -0.3 is 28.7 Å². The summed E-state index contributed by atoms with van der Waals surface area (Å²) in [5.41, 5.74) is 0. The van der Waals surface area contributed by atoms with Crippen LogP contribution in [0.15, 0.2) is 12.2 Å². The van der Waals surface area contributed by atoms with Crippen molar-refractivity contribution >= 4 is 17.0 Å². The Morgan fingerprint density at radius 1 is 1.40 bits per heavy atom. The third-order valence-corrected chi connectivity index (χ3v) is 4.03. The fraction of sp³-hybridized carbons (Fsp3) is 0.727. The van der Waals surface area contributed by atoms with Gasteiger partial charge in [0.2, 0.25) is 0 Å². The van der Waals surface area contributed by atoms with Gasteiger partial charge in [0.05, 0.1) is 0 Å². The lowest BCUT2D eigenvalue weighted by Gasteiger charge is -2.22. The average molecular weight is 339 g/mol. The van der Waals surface area contributed by atoms with Crippen molar-refractivity contribution in [3.8, 4) is 0 Å². The van der Waals surface area contributed by atoms with Crippen LogP contribution >= 0.6 is 11.8 Å². The Kier molecular flexibility index (Phi) is 5.46. The lowest BCUT2D eigenvalue weighted by Crippen LogP contribution is -3.00. The van der Waals surface area contributed by atoms with Crippen LogP contribution in [0.1, 0.15) is 19.3 Å². The molecule has 0 radical (unpaired) electrons. The molecule has 1 saturated heterocycles. The highest BCUT2D eigenvalue weighted by atomic mass is 127. The maximum atomic E-state index is 5.93. The first-order valence-corrected chi connectivity index (χ1v) is 6.24. The Morgan fingerprint density at radius 3 is 2.73 bits per heavy atom. The summed E-state index contributed by atoms with van der Waals surface area (Å²) in [6.45, 7) is 0. The molecule has 0 N–H and O–H groups in total. The lowest BCUT2D eigenvalue weighted by atomic mass is 9.90. The first-order valence-electron chi connectivity index (χ1n) is 5.26. The molecule has 0 aromatic carbocycles. The number of rotatable bonds is 1. The van der Waals surface area contributed by atoms with E-state index >= 15 is 0 Å². The number of ether oxygens (including phenoxy) is 1. The van der Waals surface area contributed by atoms with Gasteiger partial charge in [-0.1, -0.05) is 12.2 Å². The van der Waals surface area contributed by atoms with Gasteiger partial charge in [0.1, 0.15) is 20.2 Å². The zero-order valence-electron chi connectivity index (χ0n) is 9.28. The summed E-state index contributed by atoms with van der Waals surface area (Å²) < 4.78 is 8.01. The SMILES string of the molecule is C[N+](C)=C1OC(C2CC=CCC2)CS1.[I-]. The van der Waals surface area contributed by atoms with E-state index in [9.17, 15) is 0 Å². The summed E-state index contributed by atoms with van der Waals surface area (Å²) in [5.74, 6) is 1.87. The van der Waals surface area contributed by atoms with Gasteiger partial charge in [-0.05, 0) is 31.0 Å². The Labute approximate surface area is 113 Å². The van der Waals surface area contributed by atoms with Gasteiger partial charge in [-0.15, -0.1) is 0 Å². The molecule has 4 heteroatoms. The molecule has 1 heterocycles. The summed E-state index contributed by atoms with van der Waals surface area (Å²) in [6.07, 6.45) is 8.76. The summed E-state index contributed by atoms with van der Waals surface area (Å²) >= 11 is 1.85. The second-order valence-electron chi connectivity index (χ2n) is 4.17. The largest absolute Gasteiger partial charge is 1.00 e. The first-order chi connectivity index (χ1) is 6.77. The number of hydrogen-bond acceptors (Lipinski definition) is 2. The van der Waals surface area contributed by atoms with Crippen molar-refractivity contribution in [1.29, 1.82) is 0 Å². The fourth-order valence-electron chi connectivity index (χ4n) is 1.97. The number of hydrogen-bond donors (Lipinski definition) is 0. The maximum Gasteiger partial charge on any atom is 0.400 e. The fourth-order valence-corrected chi connectivity index (χ4v) is 3.07. The van der Waals surface area contributed by atoms with E-state index in [1.54, 1.807) is 0 Å². The molecule has 86 valence electrons. The molecule has 1 aliphatic heterocycles. The van der Waals surface area contributed by atoms with Gasteiger partial charge in [-0.25, -0.2) is 0 Å². The van der Waals surface area contributed by atoms with E-state index in [4.69, 9.17) is 4.74 Å². The number of allylic oxidation sites excluding steroid dienone is 2. The van der Waals surface area contributed by atoms with Gasteiger partial charge in [-0.3, -0.25) is 0 Å². The number of halogens is 1. The maximum absolute atomic E-state index is 5.93. The molecule has 0 aromatic heterocycles. The van der Waals surface area contributed by atoms with Gasteiger partial charge in [0.25, 0.3) is 0 Å². The van der Waals surface area contributed by atoms with Crippen LogP contribution in [-0.2, 0) is 4.74 Å². The van der Waals surface area contributed by atoms with Crippen LogP contribution in [0.25, 0.3) is 0 Å². The number of nitrogens with zero attached hydrogens (tertiary/aromatic N) is 1. The standard InChI is InChI=1S/C11H18NOS.HI/c1-12(2)11-13-10(8-14-11)9-6-4-3-5-7-9;/h3-4,9-10H,5-8H2,1-2H3;1H/q+1;/p-1. The van der Waals surface area contributed by atoms with E-state index in [0.717, 1.165) is 16.9 Å². The van der Waals surface area contributed by atoms with Crippen molar-refractivity contribution in [3.63, 3.8) is 0 Å². The summed E-state index contributed by atoms with van der Waals surface area (Å²) in [6, 6.07) is 0. The van der Waals surface area contributed by atoms with Crippen molar-refractivity contribution < 1.29 is 33.3 Å². The highest BCUT2D eigenvalue weighted by Gasteiger charge is 2.33. The van der Waals surface area contributed by atoms with E-state index in [1.165, 1.54) is 19.3 Å². The average Bonchev–Trinajstić information content (AvgIpc) is 2.68. The van der Waals surface area contributed by atoms with E-state index in [2.05, 4.69) is 16.7 Å². The molecule has 15 heavy (non-hydrogen) atoms. The molecule has 0 bridgehead atoms. The Hall–Kier alpha value is 0.290. The van der Waals surface area contributed by atoms with Gasteiger partial charge in [-0.2, -0.15) is 4.58 Å². The van der Waals surface area contributed by atoms with Gasteiger partial charge in [0, 0.05) is 11.7 Å². The van der Waals surface area contributed by atoms with E-state index < -0.39 is 0 Å². The highest BCUT2D eigenvalue weighted by Crippen LogP contribution is 2.31.